The Hall–Kier alpha value is -2.34. The van der Waals surface area contributed by atoms with Crippen molar-refractivity contribution in [3.8, 4) is 0 Å². The summed E-state index contributed by atoms with van der Waals surface area (Å²) in [5.41, 5.74) is 6.10. The highest BCUT2D eigenvalue weighted by atomic mass is 32.2. The largest absolute Gasteiger partial charge is 0.348 e. The van der Waals surface area contributed by atoms with Gasteiger partial charge in [-0.2, -0.15) is 0 Å². The topological polar surface area (TPSA) is 66.5 Å². The van der Waals surface area contributed by atoms with Crippen LogP contribution in [0, 0.1) is 20.8 Å². The minimum atomic E-state index is -3.63. The van der Waals surface area contributed by atoms with Crippen molar-refractivity contribution in [3.05, 3.63) is 64.2 Å². The summed E-state index contributed by atoms with van der Waals surface area (Å²) in [7, 11) is -3.63. The lowest BCUT2D eigenvalue weighted by atomic mass is 9.96. The summed E-state index contributed by atoms with van der Waals surface area (Å²) in [6.07, 6.45) is 1.99. The molecular formula is C23H32N2O3S. The molecule has 0 aromatic heterocycles. The summed E-state index contributed by atoms with van der Waals surface area (Å²) in [5, 5.41) is 2.98. The Morgan fingerprint density at radius 3 is 2.07 bits per heavy atom. The number of hydrogen-bond donors (Lipinski definition) is 1. The van der Waals surface area contributed by atoms with Gasteiger partial charge in [-0.05, 0) is 81.0 Å². The number of anilines is 1. The SMILES string of the molecule is CCc1ccc(N([C@H](C)C(=O)N[C@H](C)c2cc(C)c(C)cc2C)S(C)(=O)=O)cc1. The fraction of sp³-hybridized carbons (Fsp3) is 0.435. The van der Waals surface area contributed by atoms with Gasteiger partial charge < -0.3 is 5.32 Å². The van der Waals surface area contributed by atoms with E-state index in [2.05, 4.69) is 24.4 Å². The van der Waals surface area contributed by atoms with Crippen molar-refractivity contribution in [2.75, 3.05) is 10.6 Å². The zero-order valence-corrected chi connectivity index (χ0v) is 19.2. The zero-order chi connectivity index (χ0) is 21.9. The monoisotopic (exact) mass is 416 g/mol. The van der Waals surface area contributed by atoms with Crippen molar-refractivity contribution in [2.45, 2.75) is 60.0 Å². The second-order valence-electron chi connectivity index (χ2n) is 7.78. The van der Waals surface area contributed by atoms with Crippen molar-refractivity contribution < 1.29 is 13.2 Å². The molecule has 1 amide bonds. The average molecular weight is 417 g/mol. The minimum absolute atomic E-state index is 0.229. The van der Waals surface area contributed by atoms with E-state index in [0.29, 0.717) is 5.69 Å². The number of carbonyl (C=O) groups is 1. The Kier molecular flexibility index (Phi) is 7.11. The van der Waals surface area contributed by atoms with Crippen LogP contribution in [0.15, 0.2) is 36.4 Å². The fourth-order valence-corrected chi connectivity index (χ4v) is 4.72. The summed E-state index contributed by atoms with van der Waals surface area (Å²) in [6, 6.07) is 10.4. The molecule has 0 fully saturated rings. The maximum absolute atomic E-state index is 13.0. The summed E-state index contributed by atoms with van der Waals surface area (Å²) in [6.45, 7) is 11.7. The third-order valence-corrected chi connectivity index (χ3v) is 6.64. The Morgan fingerprint density at radius 1 is 1.00 bits per heavy atom. The lowest BCUT2D eigenvalue weighted by molar-refractivity contribution is -0.122. The molecule has 0 aliphatic heterocycles. The van der Waals surface area contributed by atoms with Gasteiger partial charge in [0, 0.05) is 0 Å². The average Bonchev–Trinajstić information content (AvgIpc) is 2.64. The van der Waals surface area contributed by atoms with Gasteiger partial charge in [-0.15, -0.1) is 0 Å². The molecule has 0 aliphatic rings. The van der Waals surface area contributed by atoms with E-state index in [9.17, 15) is 13.2 Å². The molecule has 158 valence electrons. The van der Waals surface area contributed by atoms with Gasteiger partial charge in [-0.1, -0.05) is 31.2 Å². The van der Waals surface area contributed by atoms with E-state index >= 15 is 0 Å². The molecule has 1 N–H and O–H groups in total. The first-order valence-electron chi connectivity index (χ1n) is 9.92. The smallest absolute Gasteiger partial charge is 0.244 e. The second-order valence-corrected chi connectivity index (χ2v) is 9.64. The van der Waals surface area contributed by atoms with Crippen LogP contribution in [-0.2, 0) is 21.2 Å². The van der Waals surface area contributed by atoms with Gasteiger partial charge >= 0.3 is 0 Å². The van der Waals surface area contributed by atoms with Crippen molar-refractivity contribution in [1.82, 2.24) is 5.32 Å². The van der Waals surface area contributed by atoms with Crippen LogP contribution in [0.1, 0.15) is 54.6 Å². The zero-order valence-electron chi connectivity index (χ0n) is 18.4. The number of rotatable bonds is 7. The lowest BCUT2D eigenvalue weighted by Crippen LogP contribution is -2.48. The normalized spacial score (nSPS) is 13.6. The van der Waals surface area contributed by atoms with E-state index in [4.69, 9.17) is 0 Å². The quantitative estimate of drug-likeness (QED) is 0.735. The van der Waals surface area contributed by atoms with Crippen LogP contribution in [0.25, 0.3) is 0 Å². The summed E-state index contributed by atoms with van der Waals surface area (Å²) in [5.74, 6) is -0.333. The molecule has 0 unspecified atom stereocenters. The maximum atomic E-state index is 13.0. The Labute approximate surface area is 175 Å². The molecule has 2 aromatic carbocycles. The molecule has 6 heteroatoms. The van der Waals surface area contributed by atoms with Crippen molar-refractivity contribution >= 4 is 21.6 Å². The van der Waals surface area contributed by atoms with E-state index < -0.39 is 16.1 Å². The lowest BCUT2D eigenvalue weighted by Gasteiger charge is -2.29. The van der Waals surface area contributed by atoms with Crippen LogP contribution in [-0.4, -0.2) is 26.6 Å². The summed E-state index contributed by atoms with van der Waals surface area (Å²) in [4.78, 5) is 13.0. The summed E-state index contributed by atoms with van der Waals surface area (Å²) < 4.78 is 26.1. The molecular weight excluding hydrogens is 384 g/mol. The van der Waals surface area contributed by atoms with Gasteiger partial charge in [0.2, 0.25) is 15.9 Å². The highest BCUT2D eigenvalue weighted by Gasteiger charge is 2.30. The van der Waals surface area contributed by atoms with Crippen LogP contribution < -0.4 is 9.62 Å². The maximum Gasteiger partial charge on any atom is 0.244 e. The Balaban J connectivity index is 2.28. The molecule has 0 saturated carbocycles. The van der Waals surface area contributed by atoms with Crippen molar-refractivity contribution in [3.63, 3.8) is 0 Å². The number of benzene rings is 2. The predicted molar refractivity (Wildman–Crippen MR) is 120 cm³/mol. The molecule has 2 atom stereocenters. The molecule has 0 bridgehead atoms. The molecule has 29 heavy (non-hydrogen) atoms. The molecule has 2 aromatic rings. The van der Waals surface area contributed by atoms with E-state index in [0.717, 1.165) is 34.9 Å². The predicted octanol–water partition coefficient (Wildman–Crippen LogP) is 4.21. The van der Waals surface area contributed by atoms with Crippen molar-refractivity contribution in [1.29, 1.82) is 0 Å². The van der Waals surface area contributed by atoms with Crippen LogP contribution in [0.5, 0.6) is 0 Å². The van der Waals surface area contributed by atoms with Crippen LogP contribution >= 0.6 is 0 Å². The number of aryl methyl sites for hydroxylation is 4. The number of hydrogen-bond acceptors (Lipinski definition) is 3. The number of nitrogens with zero attached hydrogens (tertiary/aromatic N) is 1. The van der Waals surface area contributed by atoms with Crippen molar-refractivity contribution in [2.24, 2.45) is 0 Å². The third kappa shape index (κ3) is 5.38. The number of amides is 1. The van der Waals surface area contributed by atoms with Gasteiger partial charge in [0.1, 0.15) is 6.04 Å². The second kappa shape index (κ2) is 8.99. The van der Waals surface area contributed by atoms with Crippen LogP contribution in [0.4, 0.5) is 5.69 Å². The van der Waals surface area contributed by atoms with Crippen LogP contribution in [0.2, 0.25) is 0 Å². The molecule has 5 nitrogen and oxygen atoms in total. The van der Waals surface area contributed by atoms with E-state index in [1.165, 1.54) is 9.87 Å². The molecule has 0 aliphatic carbocycles. The molecule has 0 radical (unpaired) electrons. The Bertz CT molecular complexity index is 982. The summed E-state index contributed by atoms with van der Waals surface area (Å²) >= 11 is 0. The minimum Gasteiger partial charge on any atom is -0.348 e. The highest BCUT2D eigenvalue weighted by molar-refractivity contribution is 7.92. The van der Waals surface area contributed by atoms with E-state index in [-0.39, 0.29) is 11.9 Å². The van der Waals surface area contributed by atoms with E-state index in [1.54, 1.807) is 19.1 Å². The van der Waals surface area contributed by atoms with Gasteiger partial charge in [0.15, 0.2) is 0 Å². The first-order chi connectivity index (χ1) is 13.5. The fourth-order valence-electron chi connectivity index (χ4n) is 3.55. The standard InChI is InChI=1S/C23H32N2O3S/c1-8-20-9-11-21(12-10-20)25(29(7,27)28)19(6)23(26)24-18(5)22-14-16(3)15(2)13-17(22)4/h9-14,18-19H,8H2,1-7H3,(H,24,26)/t18-,19-/m1/s1. The van der Waals surface area contributed by atoms with Gasteiger partial charge in [-0.25, -0.2) is 8.42 Å². The van der Waals surface area contributed by atoms with E-state index in [1.807, 2.05) is 39.8 Å². The van der Waals surface area contributed by atoms with Crippen LogP contribution in [0.3, 0.4) is 0 Å². The first kappa shape index (κ1) is 22.9. The first-order valence-corrected chi connectivity index (χ1v) is 11.8. The number of carbonyl (C=O) groups excluding carboxylic acids is 1. The van der Waals surface area contributed by atoms with Gasteiger partial charge in [0.25, 0.3) is 0 Å². The highest BCUT2D eigenvalue weighted by Crippen LogP contribution is 2.24. The molecule has 0 heterocycles. The van der Waals surface area contributed by atoms with Gasteiger partial charge in [-0.3, -0.25) is 9.10 Å². The van der Waals surface area contributed by atoms with Gasteiger partial charge in [0.05, 0.1) is 18.0 Å². The molecule has 2 rings (SSSR count). The number of nitrogens with one attached hydrogen (secondary N) is 1. The Morgan fingerprint density at radius 2 is 1.55 bits per heavy atom. The number of sulfonamides is 1. The third-order valence-electron chi connectivity index (χ3n) is 5.40. The molecule has 0 saturated heterocycles. The molecule has 0 spiro atoms.